The molecule has 4 aromatic rings. The third-order valence-electron chi connectivity index (χ3n) is 4.75. The summed E-state index contributed by atoms with van der Waals surface area (Å²) in [5, 5.41) is 5.59. The molecule has 0 fully saturated rings. The fraction of sp³-hybridized carbons (Fsp3) is 0.0435. The molecule has 22 heteroatoms. The van der Waals surface area contributed by atoms with E-state index < -0.39 is 21.6 Å². The Morgan fingerprint density at radius 1 is 0.711 bits per heavy atom. The van der Waals surface area contributed by atoms with Gasteiger partial charge in [0, 0.05) is 11.3 Å². The van der Waals surface area contributed by atoms with Crippen LogP contribution in [0.5, 0.6) is 23.0 Å². The van der Waals surface area contributed by atoms with Crippen molar-refractivity contribution in [2.45, 2.75) is 0 Å². The van der Waals surface area contributed by atoms with E-state index in [0.29, 0.717) is 22.7 Å². The van der Waals surface area contributed by atoms with Gasteiger partial charge in [0.05, 0.1) is 6.54 Å². The van der Waals surface area contributed by atoms with Gasteiger partial charge in [-0.1, -0.05) is 12.1 Å². The van der Waals surface area contributed by atoms with Crippen molar-refractivity contribution < 1.29 is 166 Å². The van der Waals surface area contributed by atoms with E-state index in [0.717, 1.165) is 0 Å². The van der Waals surface area contributed by atoms with Crippen molar-refractivity contribution in [2.24, 2.45) is 5.73 Å². The summed E-state index contributed by atoms with van der Waals surface area (Å²) in [4.78, 5) is 67.3. The van der Waals surface area contributed by atoms with Gasteiger partial charge in [-0.3, -0.25) is 4.79 Å². The van der Waals surface area contributed by atoms with Crippen molar-refractivity contribution in [2.75, 3.05) is 17.2 Å². The summed E-state index contributed by atoms with van der Waals surface area (Å²) in [6, 6.07) is 17.2. The van der Waals surface area contributed by atoms with Crippen LogP contribution in [0.3, 0.4) is 0 Å². The van der Waals surface area contributed by atoms with Crippen LogP contribution < -0.4 is 168 Å². The number of carbonyl (C=O) groups is 1. The number of carbonyl (C=O) groups excluding carboxylic acids is 1. The number of amides is 1. The standard InChI is InChI=1S/C23H22N6O10P2.4Na/c24-20(30)13-25-22-27-21(28-23(29-22)26-15-4-6-17(7-5-15)38-40(31,32)33)14-2-1-3-19(12-14)37-16-8-10-18(11-9-16)39-41(34,35)36;;;;/h1-12H,13H2,(H2,24,30)(H2,31,32,33)(H2,34,35,36)(H2,25,26,27,28,29);;;;/q;4*+1/p-4. The fourth-order valence-corrected chi connectivity index (χ4v) is 3.96. The molecular formula is C23H18N6Na4O10P2. The van der Waals surface area contributed by atoms with Crippen LogP contribution in [-0.2, 0) is 13.9 Å². The number of rotatable bonds is 12. The Hall–Kier alpha value is -0.560. The normalized spacial score (nSPS) is 10.4. The molecule has 0 spiro atoms. The number of hydrogen-bond donors (Lipinski definition) is 3. The maximum absolute atomic E-state index is 11.3. The second-order valence-electron chi connectivity index (χ2n) is 7.95. The van der Waals surface area contributed by atoms with E-state index in [-0.39, 0.29) is 154 Å². The molecule has 1 heterocycles. The number of anilines is 3. The summed E-state index contributed by atoms with van der Waals surface area (Å²) < 4.78 is 36.0. The molecule has 0 radical (unpaired) electrons. The van der Waals surface area contributed by atoms with Crippen molar-refractivity contribution >= 4 is 39.1 Å². The number of nitrogens with two attached hydrogens (primary N) is 1. The summed E-state index contributed by atoms with van der Waals surface area (Å²) in [5.41, 5.74) is 6.08. The first kappa shape index (κ1) is 44.4. The van der Waals surface area contributed by atoms with E-state index in [1.54, 1.807) is 24.3 Å². The van der Waals surface area contributed by atoms with E-state index in [2.05, 4.69) is 34.6 Å². The zero-order valence-electron chi connectivity index (χ0n) is 24.5. The molecule has 0 aliphatic rings. The van der Waals surface area contributed by atoms with E-state index in [1.165, 1.54) is 48.5 Å². The predicted octanol–water partition coefficient (Wildman–Crippen LogP) is -11.6. The molecule has 0 bridgehead atoms. The van der Waals surface area contributed by atoms with Gasteiger partial charge in [0.1, 0.15) is 38.6 Å². The molecule has 0 atom stereocenters. The predicted molar refractivity (Wildman–Crippen MR) is 136 cm³/mol. The van der Waals surface area contributed by atoms with Gasteiger partial charge in [0.15, 0.2) is 5.82 Å². The molecule has 0 aliphatic heterocycles. The maximum Gasteiger partial charge on any atom is 1.00 e. The molecule has 16 nitrogen and oxygen atoms in total. The first-order valence-electron chi connectivity index (χ1n) is 11.3. The summed E-state index contributed by atoms with van der Waals surface area (Å²) >= 11 is 0. The molecule has 3 aromatic carbocycles. The molecular weight excluding hydrogens is 674 g/mol. The number of nitrogens with one attached hydrogen (secondary N) is 2. The summed E-state index contributed by atoms with van der Waals surface area (Å²) in [6.07, 6.45) is 0. The third-order valence-corrected chi connectivity index (χ3v) is 5.62. The second-order valence-corrected chi connectivity index (χ2v) is 10.1. The number of ether oxygens (including phenoxy) is 1. The van der Waals surface area contributed by atoms with Crippen molar-refractivity contribution in [3.05, 3.63) is 72.8 Å². The van der Waals surface area contributed by atoms with Gasteiger partial charge in [-0.25, -0.2) is 0 Å². The van der Waals surface area contributed by atoms with E-state index in [4.69, 9.17) is 10.5 Å². The number of nitrogens with zero attached hydrogens (tertiary/aromatic N) is 3. The fourth-order valence-electron chi connectivity index (χ4n) is 3.20. The van der Waals surface area contributed by atoms with E-state index in [9.17, 15) is 33.5 Å². The zero-order chi connectivity index (χ0) is 29.6. The smallest absolute Gasteiger partial charge is 0.780 e. The molecule has 0 unspecified atom stereocenters. The van der Waals surface area contributed by atoms with Gasteiger partial charge in [0.2, 0.25) is 17.8 Å². The molecule has 214 valence electrons. The minimum atomic E-state index is -5.22. The minimum absolute atomic E-state index is 0. The average Bonchev–Trinajstić information content (AvgIpc) is 2.88. The first-order chi connectivity index (χ1) is 19.3. The number of phosphoric acid groups is 2. The Balaban J connectivity index is 0.00000484. The van der Waals surface area contributed by atoms with Crippen molar-refractivity contribution in [1.82, 2.24) is 15.0 Å². The number of benzene rings is 3. The Bertz CT molecular complexity index is 1650. The van der Waals surface area contributed by atoms with Crippen LogP contribution in [0.15, 0.2) is 72.8 Å². The molecule has 45 heavy (non-hydrogen) atoms. The average molecular weight is 692 g/mol. The Morgan fingerprint density at radius 2 is 1.22 bits per heavy atom. The first-order valence-corrected chi connectivity index (χ1v) is 14.2. The van der Waals surface area contributed by atoms with Crippen molar-refractivity contribution in [1.29, 1.82) is 0 Å². The molecule has 1 amide bonds. The van der Waals surface area contributed by atoms with Gasteiger partial charge in [-0.2, -0.15) is 15.0 Å². The molecule has 1 aromatic heterocycles. The monoisotopic (exact) mass is 692 g/mol. The van der Waals surface area contributed by atoms with Crippen molar-refractivity contribution in [3.63, 3.8) is 0 Å². The SMILES string of the molecule is NC(=O)CNc1nc(Nc2ccc(OP(=O)([O-])[O-])cc2)nc(-c2cccc(Oc3ccc(OP(=O)([O-])[O-])cc3)c2)n1.[Na+].[Na+].[Na+].[Na+]. The van der Waals surface area contributed by atoms with Gasteiger partial charge < -0.3 is 58.9 Å². The molecule has 4 rings (SSSR count). The van der Waals surface area contributed by atoms with E-state index in [1.807, 2.05) is 0 Å². The molecule has 4 N–H and O–H groups in total. The van der Waals surface area contributed by atoms with Gasteiger partial charge >= 0.3 is 118 Å². The summed E-state index contributed by atoms with van der Waals surface area (Å²) in [6.45, 7) is -0.267. The Labute approximate surface area is 345 Å². The number of primary amides is 1. The number of phosphoric ester groups is 2. The Morgan fingerprint density at radius 3 is 1.76 bits per heavy atom. The quantitative estimate of drug-likeness (QED) is 0.0920. The minimum Gasteiger partial charge on any atom is -0.780 e. The Kier molecular flexibility index (Phi) is 19.8. The maximum atomic E-state index is 11.3. The second kappa shape index (κ2) is 20.1. The van der Waals surface area contributed by atoms with Crippen LogP contribution in [0.4, 0.5) is 17.6 Å². The van der Waals surface area contributed by atoms with Gasteiger partial charge in [0.25, 0.3) is 0 Å². The van der Waals surface area contributed by atoms with Gasteiger partial charge in [-0.05, 0) is 60.7 Å². The van der Waals surface area contributed by atoms with Crippen LogP contribution in [0.25, 0.3) is 11.4 Å². The zero-order valence-corrected chi connectivity index (χ0v) is 34.3. The van der Waals surface area contributed by atoms with E-state index >= 15 is 0 Å². The number of hydrogen-bond acceptors (Lipinski definition) is 15. The van der Waals surface area contributed by atoms with Crippen LogP contribution in [0, 0.1) is 0 Å². The molecule has 0 saturated heterocycles. The van der Waals surface area contributed by atoms with Gasteiger partial charge in [-0.15, -0.1) is 0 Å². The van der Waals surface area contributed by atoms with Crippen molar-refractivity contribution in [3.8, 4) is 34.4 Å². The van der Waals surface area contributed by atoms with Crippen LogP contribution >= 0.6 is 15.6 Å². The molecule has 0 aliphatic carbocycles. The summed E-state index contributed by atoms with van der Waals surface area (Å²) in [5.74, 6) is -0.162. The molecule has 0 saturated carbocycles. The van der Waals surface area contributed by atoms with Crippen LogP contribution in [-0.4, -0.2) is 27.4 Å². The largest absolute Gasteiger partial charge is 1.00 e. The topological polar surface area (TPSA) is 260 Å². The summed E-state index contributed by atoms with van der Waals surface area (Å²) in [7, 11) is -10.4. The van der Waals surface area contributed by atoms with Crippen LogP contribution in [0.2, 0.25) is 0 Å². The van der Waals surface area contributed by atoms with Crippen LogP contribution in [0.1, 0.15) is 0 Å². The number of aromatic nitrogens is 3. The third kappa shape index (κ3) is 15.9.